The standard InChI is InChI=1S/C87H170O17P2/c1-6-9-12-15-18-21-24-27-30-33-36-37-38-41-44-47-50-53-56-63-67-72-86(91)103-82(76-97-84(89)70-65-60-54-51-48-45-42-39-34-31-28-25-22-19-16-13-10-7-2)78-101-105(93,94)99-74-81(88)75-100-106(95,96)102-79-83(77-98-85(90)71-66-61-58-57-59-64-69-80(4)5)104-87(92)73-68-62-55-52-49-46-43-40-35-32-29-26-23-20-17-14-11-8-3/h80-83,88H,6-79H2,1-5H3,(H,93,94)(H,95,96)/t81-,82-,83-/m1/s1. The number of phosphoric ester groups is 2. The zero-order valence-corrected chi connectivity index (χ0v) is 71.4. The highest BCUT2D eigenvalue weighted by atomic mass is 31.2. The summed E-state index contributed by atoms with van der Waals surface area (Å²) in [6.45, 7) is 7.29. The number of carbonyl (C=O) groups excluding carboxylic acids is 4. The lowest BCUT2D eigenvalue weighted by molar-refractivity contribution is -0.161. The highest BCUT2D eigenvalue weighted by Crippen LogP contribution is 2.45. The molecule has 0 spiro atoms. The normalized spacial score (nSPS) is 13.7. The van der Waals surface area contributed by atoms with E-state index in [0.717, 1.165) is 96.3 Å². The second-order valence-corrected chi connectivity index (χ2v) is 34.7. The maximum absolute atomic E-state index is 13.1. The smallest absolute Gasteiger partial charge is 0.462 e. The van der Waals surface area contributed by atoms with Crippen molar-refractivity contribution in [3.8, 4) is 0 Å². The molecule has 0 rings (SSSR count). The Morgan fingerprint density at radius 3 is 0.642 bits per heavy atom. The topological polar surface area (TPSA) is 237 Å². The summed E-state index contributed by atoms with van der Waals surface area (Å²) >= 11 is 0. The summed E-state index contributed by atoms with van der Waals surface area (Å²) in [5, 5.41) is 10.7. The van der Waals surface area contributed by atoms with Crippen LogP contribution in [0.25, 0.3) is 0 Å². The first-order valence-electron chi connectivity index (χ1n) is 45.1. The second kappa shape index (κ2) is 79.7. The van der Waals surface area contributed by atoms with Crippen LogP contribution in [0.15, 0.2) is 0 Å². The number of aliphatic hydroxyl groups excluding tert-OH is 1. The van der Waals surface area contributed by atoms with Crippen LogP contribution in [0.3, 0.4) is 0 Å². The molecule has 2 unspecified atom stereocenters. The van der Waals surface area contributed by atoms with E-state index < -0.39 is 97.5 Å². The summed E-state index contributed by atoms with van der Waals surface area (Å²) < 4.78 is 68.9. The van der Waals surface area contributed by atoms with E-state index in [4.69, 9.17) is 37.0 Å². The van der Waals surface area contributed by atoms with Gasteiger partial charge in [0.15, 0.2) is 12.2 Å². The first kappa shape index (κ1) is 104. The molecule has 17 nitrogen and oxygen atoms in total. The van der Waals surface area contributed by atoms with Crippen molar-refractivity contribution in [3.05, 3.63) is 0 Å². The minimum Gasteiger partial charge on any atom is -0.462 e. The van der Waals surface area contributed by atoms with Gasteiger partial charge in [-0.1, -0.05) is 420 Å². The van der Waals surface area contributed by atoms with E-state index in [1.165, 1.54) is 289 Å². The van der Waals surface area contributed by atoms with Crippen LogP contribution in [0.4, 0.5) is 0 Å². The number of hydrogen-bond acceptors (Lipinski definition) is 15. The molecule has 0 aliphatic carbocycles. The first-order valence-corrected chi connectivity index (χ1v) is 48.1. The second-order valence-electron chi connectivity index (χ2n) is 31.8. The highest BCUT2D eigenvalue weighted by Gasteiger charge is 2.30. The number of phosphoric acid groups is 2. The Balaban J connectivity index is 5.20. The summed E-state index contributed by atoms with van der Waals surface area (Å²) in [5.41, 5.74) is 0. The molecule has 0 aliphatic heterocycles. The molecular weight excluding hydrogens is 1380 g/mol. The molecule has 0 amide bonds. The summed E-state index contributed by atoms with van der Waals surface area (Å²) in [5.74, 6) is -1.42. The van der Waals surface area contributed by atoms with E-state index in [-0.39, 0.29) is 25.7 Å². The largest absolute Gasteiger partial charge is 0.472 e. The molecule has 0 aromatic rings. The van der Waals surface area contributed by atoms with Gasteiger partial charge in [0.1, 0.15) is 19.3 Å². The van der Waals surface area contributed by atoms with Crippen molar-refractivity contribution in [1.82, 2.24) is 0 Å². The minimum absolute atomic E-state index is 0.108. The molecule has 0 bridgehead atoms. The molecular formula is C87H170O17P2. The maximum Gasteiger partial charge on any atom is 0.472 e. The summed E-state index contributed by atoms with van der Waals surface area (Å²) in [6.07, 6.45) is 73.9. The molecule has 3 N–H and O–H groups in total. The molecule has 0 aromatic heterocycles. The molecule has 0 fully saturated rings. The van der Waals surface area contributed by atoms with Gasteiger partial charge in [-0.2, -0.15) is 0 Å². The quantitative estimate of drug-likeness (QED) is 0.0222. The molecule has 0 saturated carbocycles. The van der Waals surface area contributed by atoms with Crippen LogP contribution in [0.1, 0.15) is 471 Å². The summed E-state index contributed by atoms with van der Waals surface area (Å²) in [4.78, 5) is 73.2. The van der Waals surface area contributed by atoms with E-state index in [9.17, 15) is 43.2 Å². The minimum atomic E-state index is -4.97. The van der Waals surface area contributed by atoms with Crippen molar-refractivity contribution in [1.29, 1.82) is 0 Å². The van der Waals surface area contributed by atoms with E-state index in [1.807, 2.05) is 0 Å². The van der Waals surface area contributed by atoms with Gasteiger partial charge in [0.05, 0.1) is 26.4 Å². The Hall–Kier alpha value is -1.94. The fraction of sp³-hybridized carbons (Fsp3) is 0.954. The van der Waals surface area contributed by atoms with Gasteiger partial charge in [0, 0.05) is 25.7 Å². The maximum atomic E-state index is 13.1. The fourth-order valence-electron chi connectivity index (χ4n) is 13.6. The molecule has 106 heavy (non-hydrogen) atoms. The Kier molecular flexibility index (Phi) is 78.2. The van der Waals surface area contributed by atoms with Crippen LogP contribution in [0.5, 0.6) is 0 Å². The number of carbonyl (C=O) groups is 4. The van der Waals surface area contributed by atoms with E-state index in [2.05, 4.69) is 34.6 Å². The number of ether oxygens (including phenoxy) is 4. The number of hydrogen-bond donors (Lipinski definition) is 3. The predicted molar refractivity (Wildman–Crippen MR) is 437 cm³/mol. The Labute approximate surface area is 651 Å². The summed E-state index contributed by atoms with van der Waals surface area (Å²) in [7, 11) is -9.93. The molecule has 19 heteroatoms. The number of unbranched alkanes of at least 4 members (excludes halogenated alkanes) is 59. The molecule has 0 saturated heterocycles. The molecule has 0 heterocycles. The SMILES string of the molecule is CCCCCCCCCCCCCCCCCCCCCCCC(=O)O[C@H](COC(=O)CCCCCCCCCCCCCCCCCCCC)COP(=O)(O)OC[C@@H](O)COP(=O)(O)OC[C@@H](COC(=O)CCCCCCCCC(C)C)OC(=O)CCCCCCCCCCCCCCCCCCCC. The zero-order valence-electron chi connectivity index (χ0n) is 69.6. The van der Waals surface area contributed by atoms with Gasteiger partial charge in [-0.05, 0) is 31.6 Å². The molecule has 0 aliphatic rings. The van der Waals surface area contributed by atoms with Crippen molar-refractivity contribution in [2.24, 2.45) is 5.92 Å². The van der Waals surface area contributed by atoms with Crippen molar-refractivity contribution >= 4 is 39.5 Å². The number of aliphatic hydroxyl groups is 1. The highest BCUT2D eigenvalue weighted by molar-refractivity contribution is 7.47. The van der Waals surface area contributed by atoms with Crippen LogP contribution < -0.4 is 0 Å². The molecule has 5 atom stereocenters. The van der Waals surface area contributed by atoms with E-state index >= 15 is 0 Å². The van der Waals surface area contributed by atoms with Crippen LogP contribution in [0.2, 0.25) is 0 Å². The van der Waals surface area contributed by atoms with Gasteiger partial charge in [0.25, 0.3) is 0 Å². The van der Waals surface area contributed by atoms with Gasteiger partial charge in [-0.25, -0.2) is 9.13 Å². The van der Waals surface area contributed by atoms with E-state index in [0.29, 0.717) is 31.6 Å². The monoisotopic (exact) mass is 1550 g/mol. The molecule has 630 valence electrons. The first-order chi connectivity index (χ1) is 51.5. The Morgan fingerprint density at radius 2 is 0.434 bits per heavy atom. The fourth-order valence-corrected chi connectivity index (χ4v) is 15.2. The van der Waals surface area contributed by atoms with Gasteiger partial charge >= 0.3 is 39.5 Å². The Morgan fingerprint density at radius 1 is 0.255 bits per heavy atom. The predicted octanol–water partition coefficient (Wildman–Crippen LogP) is 26.8. The van der Waals surface area contributed by atoms with Crippen LogP contribution in [0, 0.1) is 5.92 Å². The van der Waals surface area contributed by atoms with Crippen molar-refractivity contribution in [2.75, 3.05) is 39.6 Å². The van der Waals surface area contributed by atoms with Gasteiger partial charge < -0.3 is 33.8 Å². The lowest BCUT2D eigenvalue weighted by Gasteiger charge is -2.21. The lowest BCUT2D eigenvalue weighted by atomic mass is 10.0. The zero-order chi connectivity index (χ0) is 77.6. The third-order valence-corrected chi connectivity index (χ3v) is 22.4. The van der Waals surface area contributed by atoms with Crippen LogP contribution >= 0.6 is 15.6 Å². The summed E-state index contributed by atoms with van der Waals surface area (Å²) in [6, 6.07) is 0. The van der Waals surface area contributed by atoms with Crippen molar-refractivity contribution in [2.45, 2.75) is 490 Å². The van der Waals surface area contributed by atoms with Gasteiger partial charge in [0.2, 0.25) is 0 Å². The average molecular weight is 1550 g/mol. The average Bonchev–Trinajstić information content (AvgIpc) is 0.919. The molecule has 0 radical (unpaired) electrons. The third kappa shape index (κ3) is 80.1. The van der Waals surface area contributed by atoms with Gasteiger partial charge in [-0.15, -0.1) is 0 Å². The van der Waals surface area contributed by atoms with Crippen molar-refractivity contribution < 1.29 is 80.2 Å². The van der Waals surface area contributed by atoms with Crippen LogP contribution in [-0.2, 0) is 65.4 Å². The van der Waals surface area contributed by atoms with Crippen molar-refractivity contribution in [3.63, 3.8) is 0 Å². The van der Waals surface area contributed by atoms with Gasteiger partial charge in [-0.3, -0.25) is 37.3 Å². The Bertz CT molecular complexity index is 2010. The van der Waals surface area contributed by atoms with Crippen LogP contribution in [-0.4, -0.2) is 96.7 Å². The number of rotatable bonds is 87. The number of esters is 4. The van der Waals surface area contributed by atoms with E-state index in [1.54, 1.807) is 0 Å². The third-order valence-electron chi connectivity index (χ3n) is 20.5. The lowest BCUT2D eigenvalue weighted by Crippen LogP contribution is -2.30. The molecule has 0 aromatic carbocycles.